The highest BCUT2D eigenvalue weighted by Gasteiger charge is 1.95. The molecule has 0 amide bonds. The molecule has 2 heterocycles. The van der Waals surface area contributed by atoms with Crippen molar-refractivity contribution in [2.24, 2.45) is 0 Å². The molecule has 3 heteroatoms. The fourth-order valence-corrected chi connectivity index (χ4v) is 2.96. The van der Waals surface area contributed by atoms with Crippen LogP contribution in [0.2, 0.25) is 0 Å². The summed E-state index contributed by atoms with van der Waals surface area (Å²) in [6.45, 7) is 1.01. The molecule has 0 N–H and O–H groups in total. The number of hydrogen-bond acceptors (Lipinski definition) is 1. The smallest absolute Gasteiger partial charge is 0.0509 e. The van der Waals surface area contributed by atoms with E-state index in [1.165, 1.54) is 46.3 Å². The molecule has 60 valence electrons. The van der Waals surface area contributed by atoms with E-state index < -0.39 is 0 Å². The topological polar surface area (TPSA) is 9.23 Å². The van der Waals surface area contributed by atoms with Gasteiger partial charge in [-0.1, -0.05) is 0 Å². The van der Waals surface area contributed by atoms with Crippen molar-refractivity contribution in [1.82, 2.24) is 0 Å². The van der Waals surface area contributed by atoms with Crippen LogP contribution in [-0.2, 0) is 4.52 Å². The summed E-state index contributed by atoms with van der Waals surface area (Å²) in [5.41, 5.74) is 0. The first-order valence-electron chi connectivity index (χ1n) is 4.05. The normalized spacial score (nSPS) is 26.4. The van der Waals surface area contributed by atoms with Crippen LogP contribution in [-0.4, -0.2) is 25.1 Å². The van der Waals surface area contributed by atoms with E-state index in [0.29, 0.717) is 0 Å². The minimum Gasteiger partial charge on any atom is -0.362 e. The van der Waals surface area contributed by atoms with Crippen LogP contribution in [0.3, 0.4) is 0 Å². The van der Waals surface area contributed by atoms with Crippen LogP contribution in [0.4, 0.5) is 0 Å². The summed E-state index contributed by atoms with van der Waals surface area (Å²) in [4.78, 5) is 0. The quantitative estimate of drug-likeness (QED) is 0.518. The van der Waals surface area contributed by atoms with Gasteiger partial charge in [-0.25, -0.2) is 0 Å². The molecule has 2 fully saturated rings. The molecule has 1 atom stereocenters. The zero-order valence-electron chi connectivity index (χ0n) is 6.36. The highest BCUT2D eigenvalue weighted by Crippen LogP contribution is 2.22. The van der Waals surface area contributed by atoms with E-state index in [1.54, 1.807) is 0 Å². The molecular formula is C7H16OP2. The third-order valence-electron chi connectivity index (χ3n) is 1.58. The average molecular weight is 178 g/mol. The van der Waals surface area contributed by atoms with E-state index in [1.807, 2.05) is 0 Å². The van der Waals surface area contributed by atoms with Crippen LogP contribution in [0.25, 0.3) is 0 Å². The lowest BCUT2D eigenvalue weighted by Gasteiger charge is -1.76. The van der Waals surface area contributed by atoms with Gasteiger partial charge in [0.25, 0.3) is 0 Å². The van der Waals surface area contributed by atoms with Gasteiger partial charge in [0.05, 0.1) is 6.61 Å². The first-order valence-corrected chi connectivity index (χ1v) is 6.58. The Balaban J connectivity index is 0.0000001000. The van der Waals surface area contributed by atoms with Gasteiger partial charge < -0.3 is 4.52 Å². The average Bonchev–Trinajstić information content (AvgIpc) is 2.67. The summed E-state index contributed by atoms with van der Waals surface area (Å²) >= 11 is 0. The van der Waals surface area contributed by atoms with E-state index in [9.17, 15) is 0 Å². The summed E-state index contributed by atoms with van der Waals surface area (Å²) in [5.74, 6) is 0. The number of hydrogen-bond donors (Lipinski definition) is 0. The Kier molecular flexibility index (Phi) is 5.82. The number of rotatable bonds is 0. The second kappa shape index (κ2) is 6.53. The molecule has 0 bridgehead atoms. The molecule has 10 heavy (non-hydrogen) atoms. The van der Waals surface area contributed by atoms with Gasteiger partial charge in [-0.2, -0.15) is 0 Å². The van der Waals surface area contributed by atoms with Crippen LogP contribution in [0.15, 0.2) is 0 Å². The van der Waals surface area contributed by atoms with Gasteiger partial charge in [0.15, 0.2) is 0 Å². The minimum absolute atomic E-state index is 0.809. The van der Waals surface area contributed by atoms with Crippen molar-refractivity contribution in [2.45, 2.75) is 19.3 Å². The third kappa shape index (κ3) is 4.61. The summed E-state index contributed by atoms with van der Waals surface area (Å²) in [5, 5.41) is 0. The van der Waals surface area contributed by atoms with Crippen LogP contribution in [0.1, 0.15) is 19.3 Å². The van der Waals surface area contributed by atoms with E-state index in [2.05, 4.69) is 0 Å². The molecule has 1 unspecified atom stereocenters. The molecule has 0 spiro atoms. The van der Waals surface area contributed by atoms with Crippen LogP contribution in [0.5, 0.6) is 0 Å². The first kappa shape index (κ1) is 8.91. The second-order valence-corrected chi connectivity index (χ2v) is 5.13. The van der Waals surface area contributed by atoms with Gasteiger partial charge in [0.1, 0.15) is 0 Å². The molecular weight excluding hydrogens is 162 g/mol. The Morgan fingerprint density at radius 1 is 0.900 bits per heavy atom. The summed E-state index contributed by atoms with van der Waals surface area (Å²) in [7, 11) is 2.12. The Morgan fingerprint density at radius 3 is 1.90 bits per heavy atom. The van der Waals surface area contributed by atoms with Crippen LogP contribution in [0, 0.1) is 0 Å². The Labute approximate surface area is 67.0 Å². The zero-order chi connectivity index (χ0) is 7.07. The van der Waals surface area contributed by atoms with Crippen molar-refractivity contribution in [3.8, 4) is 0 Å². The predicted molar refractivity (Wildman–Crippen MR) is 51.0 cm³/mol. The molecule has 2 aliphatic heterocycles. The highest BCUT2D eigenvalue weighted by molar-refractivity contribution is 7.38. The summed E-state index contributed by atoms with van der Waals surface area (Å²) in [6.07, 6.45) is 8.68. The molecule has 0 aromatic carbocycles. The molecule has 1 nitrogen and oxygen atoms in total. The molecule has 2 saturated heterocycles. The van der Waals surface area contributed by atoms with E-state index in [0.717, 1.165) is 15.4 Å². The fraction of sp³-hybridized carbons (Fsp3) is 1.00. The highest BCUT2D eigenvalue weighted by atomic mass is 31.1. The van der Waals surface area contributed by atoms with E-state index in [-0.39, 0.29) is 0 Å². The van der Waals surface area contributed by atoms with Crippen molar-refractivity contribution in [3.05, 3.63) is 0 Å². The van der Waals surface area contributed by atoms with Gasteiger partial charge in [0.2, 0.25) is 0 Å². The molecule has 2 aliphatic rings. The SMILES string of the molecule is C1CCPC1.C1COPC1. The maximum atomic E-state index is 4.97. The monoisotopic (exact) mass is 178 g/mol. The molecule has 0 aromatic rings. The Morgan fingerprint density at radius 2 is 1.70 bits per heavy atom. The van der Waals surface area contributed by atoms with Gasteiger partial charge in [-0.05, 0) is 37.7 Å². The molecule has 0 radical (unpaired) electrons. The van der Waals surface area contributed by atoms with Crippen LogP contribution >= 0.6 is 17.4 Å². The van der Waals surface area contributed by atoms with Gasteiger partial charge >= 0.3 is 0 Å². The van der Waals surface area contributed by atoms with Crippen molar-refractivity contribution in [2.75, 3.05) is 25.1 Å². The lowest BCUT2D eigenvalue weighted by atomic mass is 10.4. The molecule has 2 rings (SSSR count). The zero-order valence-corrected chi connectivity index (χ0v) is 8.36. The fourth-order valence-electron chi connectivity index (χ4n) is 0.986. The second-order valence-electron chi connectivity index (χ2n) is 2.55. The maximum absolute atomic E-state index is 4.97. The van der Waals surface area contributed by atoms with Crippen LogP contribution < -0.4 is 0 Å². The lowest BCUT2D eigenvalue weighted by Crippen LogP contribution is -1.69. The Hall–Kier alpha value is 0.820. The Bertz CT molecular complexity index is 44.8. The lowest BCUT2D eigenvalue weighted by molar-refractivity contribution is 0.395. The van der Waals surface area contributed by atoms with E-state index in [4.69, 9.17) is 4.52 Å². The standard InChI is InChI=1S/C4H9P.C3H7OP/c2*1-2-4-5-3-1/h5H,1-4H2;5H,1-3H2. The van der Waals surface area contributed by atoms with Crippen molar-refractivity contribution in [3.63, 3.8) is 0 Å². The van der Waals surface area contributed by atoms with Gasteiger partial charge in [-0.15, -0.1) is 8.58 Å². The predicted octanol–water partition coefficient (Wildman–Crippen LogP) is 2.46. The van der Waals surface area contributed by atoms with Crippen molar-refractivity contribution < 1.29 is 4.52 Å². The molecule has 0 saturated carbocycles. The summed E-state index contributed by atoms with van der Waals surface area (Å²) in [6, 6.07) is 0. The minimum atomic E-state index is 0.809. The summed E-state index contributed by atoms with van der Waals surface area (Å²) < 4.78 is 4.97. The van der Waals surface area contributed by atoms with Gasteiger partial charge in [-0.3, -0.25) is 0 Å². The van der Waals surface area contributed by atoms with Gasteiger partial charge in [0, 0.05) is 8.81 Å². The first-order chi connectivity index (χ1) is 5.00. The van der Waals surface area contributed by atoms with Crippen molar-refractivity contribution in [1.29, 1.82) is 0 Å². The third-order valence-corrected chi connectivity index (χ3v) is 3.96. The van der Waals surface area contributed by atoms with Crippen molar-refractivity contribution >= 4 is 17.4 Å². The largest absolute Gasteiger partial charge is 0.362 e. The molecule has 0 aromatic heterocycles. The maximum Gasteiger partial charge on any atom is 0.0509 e. The molecule has 0 aliphatic carbocycles. The van der Waals surface area contributed by atoms with E-state index >= 15 is 0 Å².